The number of amides is 2. The molecule has 1 heterocycles. The highest BCUT2D eigenvalue weighted by molar-refractivity contribution is 5.77. The molecule has 0 radical (unpaired) electrons. The summed E-state index contributed by atoms with van der Waals surface area (Å²) < 4.78 is 4.90. The van der Waals surface area contributed by atoms with Crippen molar-refractivity contribution < 1.29 is 14.3 Å². The number of hydrogen-bond acceptors (Lipinski definition) is 3. The van der Waals surface area contributed by atoms with E-state index in [1.807, 2.05) is 35.2 Å². The summed E-state index contributed by atoms with van der Waals surface area (Å²) in [5.74, 6) is 0.594. The largest absolute Gasteiger partial charge is 0.384 e. The number of methoxy groups -OCH3 is 1. The van der Waals surface area contributed by atoms with Crippen LogP contribution >= 0.6 is 0 Å². The van der Waals surface area contributed by atoms with Gasteiger partial charge in [0.05, 0.1) is 6.61 Å². The second kappa shape index (κ2) is 9.30. The number of benzene rings is 1. The van der Waals surface area contributed by atoms with Gasteiger partial charge in [0.15, 0.2) is 0 Å². The minimum absolute atomic E-state index is 0.0172. The van der Waals surface area contributed by atoms with Crippen LogP contribution in [0.15, 0.2) is 30.3 Å². The number of hydrogen-bond donors (Lipinski definition) is 1. The highest BCUT2D eigenvalue weighted by Gasteiger charge is 2.22. The van der Waals surface area contributed by atoms with Gasteiger partial charge in [0, 0.05) is 39.6 Å². The number of nitrogens with one attached hydrogen (secondary N) is 1. The molecule has 1 fully saturated rings. The van der Waals surface area contributed by atoms with Crippen LogP contribution in [0.5, 0.6) is 0 Å². The zero-order valence-corrected chi connectivity index (χ0v) is 13.8. The molecule has 1 saturated heterocycles. The van der Waals surface area contributed by atoms with Gasteiger partial charge >= 0.3 is 0 Å². The molecule has 0 saturated carbocycles. The van der Waals surface area contributed by atoms with Gasteiger partial charge in [-0.3, -0.25) is 9.59 Å². The molecule has 5 nitrogen and oxygen atoms in total. The summed E-state index contributed by atoms with van der Waals surface area (Å²) in [5, 5.41) is 2.95. The van der Waals surface area contributed by atoms with Crippen molar-refractivity contribution in [1.29, 1.82) is 0 Å². The molecule has 1 aliphatic heterocycles. The molecule has 126 valence electrons. The number of nitrogens with zero attached hydrogens (tertiary/aromatic N) is 1. The van der Waals surface area contributed by atoms with Crippen molar-refractivity contribution in [1.82, 2.24) is 10.2 Å². The van der Waals surface area contributed by atoms with Crippen molar-refractivity contribution in [3.8, 4) is 0 Å². The van der Waals surface area contributed by atoms with Gasteiger partial charge in [-0.2, -0.15) is 0 Å². The van der Waals surface area contributed by atoms with E-state index in [1.54, 1.807) is 7.11 Å². The average molecular weight is 318 g/mol. The molecule has 1 unspecified atom stereocenters. The Bertz CT molecular complexity index is 504. The van der Waals surface area contributed by atoms with Crippen molar-refractivity contribution in [3.63, 3.8) is 0 Å². The third-order valence-electron chi connectivity index (χ3n) is 4.26. The van der Waals surface area contributed by atoms with Crippen molar-refractivity contribution in [3.05, 3.63) is 35.9 Å². The maximum absolute atomic E-state index is 12.3. The van der Waals surface area contributed by atoms with Gasteiger partial charge in [0.1, 0.15) is 0 Å². The molecule has 2 rings (SSSR count). The molecule has 1 aromatic carbocycles. The summed E-state index contributed by atoms with van der Waals surface area (Å²) in [4.78, 5) is 25.8. The SMILES string of the molecule is COCCC(=O)NCC1CCC(=O)N(Cc2ccccc2)CC1. The van der Waals surface area contributed by atoms with E-state index in [0.29, 0.717) is 38.5 Å². The summed E-state index contributed by atoms with van der Waals surface area (Å²) in [5.41, 5.74) is 1.16. The first kappa shape index (κ1) is 17.5. The lowest BCUT2D eigenvalue weighted by molar-refractivity contribution is -0.131. The zero-order chi connectivity index (χ0) is 16.5. The van der Waals surface area contributed by atoms with Crippen molar-refractivity contribution >= 4 is 11.8 Å². The molecule has 23 heavy (non-hydrogen) atoms. The summed E-state index contributed by atoms with van der Waals surface area (Å²) in [6.45, 7) is 2.52. The van der Waals surface area contributed by atoms with Crippen LogP contribution < -0.4 is 5.32 Å². The van der Waals surface area contributed by atoms with Gasteiger partial charge in [-0.15, -0.1) is 0 Å². The Morgan fingerprint density at radius 2 is 2.09 bits per heavy atom. The van der Waals surface area contributed by atoms with Crippen molar-refractivity contribution in [2.45, 2.75) is 32.2 Å². The van der Waals surface area contributed by atoms with Gasteiger partial charge in [-0.25, -0.2) is 0 Å². The van der Waals surface area contributed by atoms with E-state index in [1.165, 1.54) is 0 Å². The Hall–Kier alpha value is -1.88. The van der Waals surface area contributed by atoms with Crippen molar-refractivity contribution in [2.24, 2.45) is 5.92 Å². The molecule has 1 aromatic rings. The van der Waals surface area contributed by atoms with Crippen LogP contribution in [0.3, 0.4) is 0 Å². The predicted molar refractivity (Wildman–Crippen MR) is 88.7 cm³/mol. The Morgan fingerprint density at radius 3 is 2.83 bits per heavy atom. The van der Waals surface area contributed by atoms with Gasteiger partial charge in [0.2, 0.25) is 11.8 Å². The summed E-state index contributed by atoms with van der Waals surface area (Å²) in [6, 6.07) is 10.1. The fourth-order valence-corrected chi connectivity index (χ4v) is 2.81. The van der Waals surface area contributed by atoms with Crippen LogP contribution in [0.25, 0.3) is 0 Å². The van der Waals surface area contributed by atoms with Gasteiger partial charge < -0.3 is 15.0 Å². The van der Waals surface area contributed by atoms with Crippen LogP contribution in [0.2, 0.25) is 0 Å². The van der Waals surface area contributed by atoms with Crippen LogP contribution in [0.4, 0.5) is 0 Å². The van der Waals surface area contributed by atoms with E-state index in [-0.39, 0.29) is 11.8 Å². The normalized spacial score (nSPS) is 18.6. The molecular formula is C18H26N2O3. The van der Waals surface area contributed by atoms with E-state index in [2.05, 4.69) is 5.32 Å². The average Bonchev–Trinajstić information content (AvgIpc) is 2.74. The monoisotopic (exact) mass is 318 g/mol. The number of carbonyl (C=O) groups is 2. The maximum Gasteiger partial charge on any atom is 0.222 e. The van der Waals surface area contributed by atoms with E-state index >= 15 is 0 Å². The second-order valence-electron chi connectivity index (χ2n) is 6.04. The quantitative estimate of drug-likeness (QED) is 0.836. The number of carbonyl (C=O) groups excluding carboxylic acids is 2. The first-order valence-electron chi connectivity index (χ1n) is 8.26. The molecule has 0 spiro atoms. The molecule has 1 N–H and O–H groups in total. The predicted octanol–water partition coefficient (Wildman–Crippen LogP) is 1.97. The first-order chi connectivity index (χ1) is 11.2. The molecule has 1 atom stereocenters. The summed E-state index contributed by atoms with van der Waals surface area (Å²) >= 11 is 0. The topological polar surface area (TPSA) is 58.6 Å². The molecular weight excluding hydrogens is 292 g/mol. The molecule has 0 aliphatic carbocycles. The standard InChI is InChI=1S/C18H26N2O3/c1-23-12-10-17(21)19-13-15-7-8-18(22)20(11-9-15)14-16-5-3-2-4-6-16/h2-6,15H,7-14H2,1H3,(H,19,21). The van der Waals surface area contributed by atoms with Gasteiger partial charge in [-0.1, -0.05) is 30.3 Å². The molecule has 0 aromatic heterocycles. The minimum atomic E-state index is 0.0172. The van der Waals surface area contributed by atoms with Crippen LogP contribution in [0.1, 0.15) is 31.2 Å². The maximum atomic E-state index is 12.3. The van der Waals surface area contributed by atoms with Gasteiger partial charge in [-0.05, 0) is 24.3 Å². The van der Waals surface area contributed by atoms with Crippen LogP contribution in [-0.2, 0) is 20.9 Å². The highest BCUT2D eigenvalue weighted by atomic mass is 16.5. The summed E-state index contributed by atoms with van der Waals surface area (Å²) in [7, 11) is 1.59. The number of rotatable bonds is 7. The zero-order valence-electron chi connectivity index (χ0n) is 13.8. The molecule has 5 heteroatoms. The fraction of sp³-hybridized carbons (Fsp3) is 0.556. The Labute approximate surface area is 138 Å². The Balaban J connectivity index is 1.78. The minimum Gasteiger partial charge on any atom is -0.384 e. The number of likely N-dealkylation sites (tertiary alicyclic amines) is 1. The summed E-state index contributed by atoms with van der Waals surface area (Å²) in [6.07, 6.45) is 2.73. The molecule has 2 amide bonds. The van der Waals surface area contributed by atoms with E-state index in [9.17, 15) is 9.59 Å². The third kappa shape index (κ3) is 6.02. The lowest BCUT2D eigenvalue weighted by Gasteiger charge is -2.21. The second-order valence-corrected chi connectivity index (χ2v) is 6.04. The smallest absolute Gasteiger partial charge is 0.222 e. The van der Waals surface area contributed by atoms with Crippen LogP contribution in [-0.4, -0.2) is 43.5 Å². The molecule has 0 bridgehead atoms. The fourth-order valence-electron chi connectivity index (χ4n) is 2.81. The number of ether oxygens (including phenoxy) is 1. The van der Waals surface area contributed by atoms with Gasteiger partial charge in [0.25, 0.3) is 0 Å². The Morgan fingerprint density at radius 1 is 1.30 bits per heavy atom. The van der Waals surface area contributed by atoms with E-state index < -0.39 is 0 Å². The van der Waals surface area contributed by atoms with E-state index in [4.69, 9.17) is 4.74 Å². The van der Waals surface area contributed by atoms with Crippen molar-refractivity contribution in [2.75, 3.05) is 26.8 Å². The van der Waals surface area contributed by atoms with E-state index in [0.717, 1.165) is 24.9 Å². The highest BCUT2D eigenvalue weighted by Crippen LogP contribution is 2.19. The van der Waals surface area contributed by atoms with Crippen LogP contribution in [0, 0.1) is 5.92 Å². The first-order valence-corrected chi connectivity index (χ1v) is 8.26. The Kier molecular flexibility index (Phi) is 7.07. The third-order valence-corrected chi connectivity index (χ3v) is 4.26. The lowest BCUT2D eigenvalue weighted by Crippen LogP contribution is -2.31. The molecule has 1 aliphatic rings. The lowest BCUT2D eigenvalue weighted by atomic mass is 10.0.